The molecule has 0 bridgehead atoms. The minimum absolute atomic E-state index is 0.0109. The molecule has 0 aliphatic carbocycles. The SMILES string of the molecule is CN1CCN(c2ccc(C(=O)Nc3n[nH]c4ccc(C(=O)NC(c5cccs5)C(F)(F)F)cc34)cc2)CC1. The number of carbonyl (C=O) groups excluding carboxylic acids is 2. The van der Waals surface area contributed by atoms with Gasteiger partial charge in [0.25, 0.3) is 11.8 Å². The molecule has 0 spiro atoms. The van der Waals surface area contributed by atoms with Crippen molar-refractivity contribution in [3.63, 3.8) is 0 Å². The standard InChI is InChI=1S/C26H25F3N6O2S/c1-34-10-12-35(13-11-34)18-7-4-16(5-8-18)24(36)31-23-19-15-17(6-9-20(19)32-33-23)25(37)30-22(26(27,28)29)21-3-2-14-38-21/h2-9,14-15,22H,10-13H2,1H3,(H,30,37)(H2,31,32,33,36). The third kappa shape index (κ3) is 5.50. The summed E-state index contributed by atoms with van der Waals surface area (Å²) in [5.74, 6) is -1.11. The summed E-state index contributed by atoms with van der Waals surface area (Å²) in [4.78, 5) is 30.2. The Bertz CT molecular complexity index is 1430. The van der Waals surface area contributed by atoms with Crippen LogP contribution in [0.15, 0.2) is 60.0 Å². The maximum atomic E-state index is 13.6. The molecule has 5 rings (SSSR count). The molecular formula is C26H25F3N6O2S. The summed E-state index contributed by atoms with van der Waals surface area (Å²) in [6.45, 7) is 3.77. The zero-order valence-electron chi connectivity index (χ0n) is 20.4. The Kier molecular flexibility index (Phi) is 7.09. The van der Waals surface area contributed by atoms with Gasteiger partial charge in [-0.3, -0.25) is 14.7 Å². The van der Waals surface area contributed by atoms with Crippen LogP contribution in [0, 0.1) is 0 Å². The Hall–Kier alpha value is -3.90. The Morgan fingerprint density at radius 2 is 1.71 bits per heavy atom. The second kappa shape index (κ2) is 10.5. The molecule has 1 fully saturated rings. The van der Waals surface area contributed by atoms with Crippen LogP contribution in [0.3, 0.4) is 0 Å². The Labute approximate surface area is 220 Å². The van der Waals surface area contributed by atoms with Gasteiger partial charge in [0, 0.05) is 53.3 Å². The maximum absolute atomic E-state index is 13.6. The Morgan fingerprint density at radius 1 is 1.00 bits per heavy atom. The van der Waals surface area contributed by atoms with Crippen LogP contribution in [0.4, 0.5) is 24.7 Å². The molecule has 3 heterocycles. The maximum Gasteiger partial charge on any atom is 0.413 e. The lowest BCUT2D eigenvalue weighted by Crippen LogP contribution is -2.44. The van der Waals surface area contributed by atoms with Gasteiger partial charge in [-0.15, -0.1) is 11.3 Å². The molecule has 1 aliphatic rings. The molecule has 1 atom stereocenters. The lowest BCUT2D eigenvalue weighted by Gasteiger charge is -2.34. The number of aromatic nitrogens is 2. The van der Waals surface area contributed by atoms with Crippen molar-refractivity contribution in [2.75, 3.05) is 43.4 Å². The number of H-pyrrole nitrogens is 1. The van der Waals surface area contributed by atoms with E-state index in [4.69, 9.17) is 0 Å². The summed E-state index contributed by atoms with van der Waals surface area (Å²) in [6, 6.07) is 12.3. The zero-order chi connectivity index (χ0) is 26.9. The van der Waals surface area contributed by atoms with Crippen LogP contribution < -0.4 is 15.5 Å². The second-order valence-electron chi connectivity index (χ2n) is 9.09. The number of halogens is 3. The predicted molar refractivity (Wildman–Crippen MR) is 141 cm³/mol. The van der Waals surface area contributed by atoms with Crippen LogP contribution in [0.5, 0.6) is 0 Å². The van der Waals surface area contributed by atoms with E-state index < -0.39 is 24.0 Å². The van der Waals surface area contributed by atoms with Gasteiger partial charge in [0.15, 0.2) is 11.9 Å². The molecule has 2 aromatic heterocycles. The van der Waals surface area contributed by atoms with Gasteiger partial charge in [-0.1, -0.05) is 6.07 Å². The topological polar surface area (TPSA) is 93.4 Å². The van der Waals surface area contributed by atoms with E-state index in [2.05, 4.69) is 37.7 Å². The number of fused-ring (bicyclic) bond motifs is 1. The average Bonchev–Trinajstić information content (AvgIpc) is 3.57. The minimum Gasteiger partial charge on any atom is -0.369 e. The van der Waals surface area contributed by atoms with Gasteiger partial charge in [0.1, 0.15) is 0 Å². The van der Waals surface area contributed by atoms with Crippen molar-refractivity contribution in [3.8, 4) is 0 Å². The monoisotopic (exact) mass is 542 g/mol. The number of amides is 2. The van der Waals surface area contributed by atoms with Crippen molar-refractivity contribution in [1.82, 2.24) is 20.4 Å². The molecule has 0 radical (unpaired) electrons. The number of hydrogen-bond acceptors (Lipinski definition) is 6. The average molecular weight is 543 g/mol. The molecule has 4 aromatic rings. The van der Waals surface area contributed by atoms with Crippen LogP contribution in [0.25, 0.3) is 10.9 Å². The van der Waals surface area contributed by atoms with Crippen LogP contribution in [0.1, 0.15) is 31.6 Å². The molecule has 1 saturated heterocycles. The second-order valence-corrected chi connectivity index (χ2v) is 10.1. The summed E-state index contributed by atoms with van der Waals surface area (Å²) >= 11 is 0.913. The zero-order valence-corrected chi connectivity index (χ0v) is 21.2. The smallest absolute Gasteiger partial charge is 0.369 e. The van der Waals surface area contributed by atoms with Gasteiger partial charge in [-0.05, 0) is 61.0 Å². The van der Waals surface area contributed by atoms with Gasteiger partial charge in [0.2, 0.25) is 0 Å². The van der Waals surface area contributed by atoms with E-state index in [1.807, 2.05) is 12.1 Å². The van der Waals surface area contributed by atoms with E-state index in [-0.39, 0.29) is 16.3 Å². The number of alkyl halides is 3. The third-order valence-corrected chi connectivity index (χ3v) is 7.42. The number of piperazine rings is 1. The number of nitrogens with zero attached hydrogens (tertiary/aromatic N) is 3. The first-order valence-electron chi connectivity index (χ1n) is 11.9. The van der Waals surface area contributed by atoms with Crippen molar-refractivity contribution in [2.45, 2.75) is 12.2 Å². The molecule has 8 nitrogen and oxygen atoms in total. The lowest BCUT2D eigenvalue weighted by molar-refractivity contribution is -0.154. The number of likely N-dealkylation sites (N-methyl/N-ethyl adjacent to an activating group) is 1. The van der Waals surface area contributed by atoms with Crippen LogP contribution in [-0.4, -0.2) is 66.3 Å². The number of hydrogen-bond donors (Lipinski definition) is 3. The summed E-state index contributed by atoms with van der Waals surface area (Å²) in [6.07, 6.45) is -4.65. The fraction of sp³-hybridized carbons (Fsp3) is 0.269. The van der Waals surface area contributed by atoms with E-state index >= 15 is 0 Å². The summed E-state index contributed by atoms with van der Waals surface area (Å²) < 4.78 is 40.8. The first kappa shape index (κ1) is 25.7. The van der Waals surface area contributed by atoms with Crippen molar-refractivity contribution in [2.24, 2.45) is 0 Å². The van der Waals surface area contributed by atoms with Gasteiger partial charge < -0.3 is 20.4 Å². The Balaban J connectivity index is 1.31. The number of benzene rings is 2. The molecule has 12 heteroatoms. The highest BCUT2D eigenvalue weighted by atomic mass is 32.1. The minimum atomic E-state index is -4.65. The number of aromatic amines is 1. The van der Waals surface area contributed by atoms with Crippen LogP contribution in [-0.2, 0) is 0 Å². The molecule has 198 valence electrons. The van der Waals surface area contributed by atoms with Gasteiger partial charge in [-0.25, -0.2) is 0 Å². The molecular weight excluding hydrogens is 517 g/mol. The van der Waals surface area contributed by atoms with E-state index in [0.717, 1.165) is 43.2 Å². The number of rotatable bonds is 6. The van der Waals surface area contributed by atoms with Crippen molar-refractivity contribution in [3.05, 3.63) is 76.0 Å². The van der Waals surface area contributed by atoms with Gasteiger partial charge >= 0.3 is 6.18 Å². The fourth-order valence-corrected chi connectivity index (χ4v) is 5.10. The van der Waals surface area contributed by atoms with Crippen LogP contribution in [0.2, 0.25) is 0 Å². The highest BCUT2D eigenvalue weighted by Gasteiger charge is 2.42. The van der Waals surface area contributed by atoms with Crippen molar-refractivity contribution < 1.29 is 22.8 Å². The normalized spacial score (nSPS) is 15.4. The molecule has 2 amide bonds. The first-order valence-corrected chi connectivity index (χ1v) is 12.8. The third-order valence-electron chi connectivity index (χ3n) is 6.49. The first-order chi connectivity index (χ1) is 18.2. The molecule has 1 unspecified atom stereocenters. The quantitative estimate of drug-likeness (QED) is 0.330. The van der Waals surface area contributed by atoms with Crippen LogP contribution >= 0.6 is 11.3 Å². The van der Waals surface area contributed by atoms with Crippen molar-refractivity contribution >= 4 is 45.6 Å². The summed E-state index contributed by atoms with van der Waals surface area (Å²) in [5.41, 5.74) is 2.00. The van der Waals surface area contributed by atoms with E-state index in [9.17, 15) is 22.8 Å². The highest BCUT2D eigenvalue weighted by Crippen LogP contribution is 2.35. The highest BCUT2D eigenvalue weighted by molar-refractivity contribution is 7.10. The predicted octanol–water partition coefficient (Wildman–Crippen LogP) is 4.66. The van der Waals surface area contributed by atoms with Gasteiger partial charge in [0.05, 0.1) is 5.52 Å². The number of nitrogens with one attached hydrogen (secondary N) is 3. The molecule has 3 N–H and O–H groups in total. The molecule has 1 aliphatic heterocycles. The molecule has 2 aromatic carbocycles. The molecule has 0 saturated carbocycles. The van der Waals surface area contributed by atoms with Crippen molar-refractivity contribution in [1.29, 1.82) is 0 Å². The van der Waals surface area contributed by atoms with E-state index in [1.54, 1.807) is 12.1 Å². The van der Waals surface area contributed by atoms with E-state index in [0.29, 0.717) is 16.5 Å². The fourth-order valence-electron chi connectivity index (χ4n) is 4.30. The van der Waals surface area contributed by atoms with E-state index in [1.165, 1.54) is 35.7 Å². The lowest BCUT2D eigenvalue weighted by atomic mass is 10.1. The Morgan fingerprint density at radius 3 is 2.37 bits per heavy atom. The largest absolute Gasteiger partial charge is 0.413 e. The summed E-state index contributed by atoms with van der Waals surface area (Å²) in [5, 5.41) is 13.6. The number of carbonyl (C=O) groups is 2. The van der Waals surface area contributed by atoms with Gasteiger partial charge in [-0.2, -0.15) is 18.3 Å². The molecule has 38 heavy (non-hydrogen) atoms. The number of anilines is 2. The number of thiophene rings is 1. The summed E-state index contributed by atoms with van der Waals surface area (Å²) in [7, 11) is 2.09.